The third-order valence-electron chi connectivity index (χ3n) is 6.06. The van der Waals surface area contributed by atoms with E-state index in [4.69, 9.17) is 16.3 Å². The van der Waals surface area contributed by atoms with E-state index in [0.717, 1.165) is 37.4 Å². The number of likely N-dealkylation sites (tertiary alicyclic amines) is 1. The average molecular weight is 435 g/mol. The highest BCUT2D eigenvalue weighted by Gasteiger charge is 2.46. The fraction of sp³-hybridized carbons (Fsp3) is 0.455. The molecule has 0 spiro atoms. The zero-order valence-corrected chi connectivity index (χ0v) is 18.2. The van der Waals surface area contributed by atoms with Gasteiger partial charge in [0.15, 0.2) is 0 Å². The molecule has 0 radical (unpaired) electrons. The highest BCUT2D eigenvalue weighted by Crippen LogP contribution is 2.35. The topological polar surface area (TPSA) is 49.9 Å². The summed E-state index contributed by atoms with van der Waals surface area (Å²) >= 11 is 5.95. The molecule has 0 bridgehead atoms. The second-order valence-corrected chi connectivity index (χ2v) is 10.6. The zero-order chi connectivity index (χ0) is 20.4. The van der Waals surface area contributed by atoms with Gasteiger partial charge in [-0.05, 0) is 67.2 Å². The van der Waals surface area contributed by atoms with Crippen LogP contribution in [0.2, 0.25) is 5.02 Å². The number of ether oxygens (including phenoxy) is 1. The number of fused-ring (bicyclic) bond motifs is 1. The molecule has 0 N–H and O–H groups in total. The average Bonchev–Trinajstić information content (AvgIpc) is 2.84. The van der Waals surface area contributed by atoms with Crippen LogP contribution in [0.5, 0.6) is 5.75 Å². The Kier molecular flexibility index (Phi) is 6.16. The molecular formula is C22H27ClN2O3S. The van der Waals surface area contributed by atoms with Crippen LogP contribution >= 0.6 is 11.6 Å². The third kappa shape index (κ3) is 4.61. The predicted octanol–water partition coefficient (Wildman–Crippen LogP) is 3.77. The van der Waals surface area contributed by atoms with E-state index in [2.05, 4.69) is 17.0 Å². The van der Waals surface area contributed by atoms with Crippen molar-refractivity contribution in [1.29, 1.82) is 0 Å². The monoisotopic (exact) mass is 434 g/mol. The maximum absolute atomic E-state index is 13.2. The van der Waals surface area contributed by atoms with Crippen molar-refractivity contribution in [3.05, 3.63) is 64.7 Å². The highest BCUT2D eigenvalue weighted by atomic mass is 35.5. The molecule has 2 atom stereocenters. The Morgan fingerprint density at radius 3 is 2.55 bits per heavy atom. The van der Waals surface area contributed by atoms with Gasteiger partial charge in [-0.25, -0.2) is 8.42 Å². The summed E-state index contributed by atoms with van der Waals surface area (Å²) in [6.45, 7) is 3.59. The van der Waals surface area contributed by atoms with Crippen LogP contribution in [-0.2, 0) is 23.1 Å². The Bertz CT molecular complexity index is 949. The van der Waals surface area contributed by atoms with Gasteiger partial charge in [0.1, 0.15) is 5.75 Å². The van der Waals surface area contributed by atoms with Crippen molar-refractivity contribution in [3.8, 4) is 5.75 Å². The van der Waals surface area contributed by atoms with Gasteiger partial charge in [-0.3, -0.25) is 4.90 Å². The highest BCUT2D eigenvalue weighted by molar-refractivity contribution is 7.90. The van der Waals surface area contributed by atoms with Crippen LogP contribution in [0, 0.1) is 5.92 Å². The first-order valence-corrected chi connectivity index (χ1v) is 11.9. The molecule has 156 valence electrons. The van der Waals surface area contributed by atoms with Crippen LogP contribution in [-0.4, -0.2) is 49.6 Å². The van der Waals surface area contributed by atoms with Crippen LogP contribution < -0.4 is 4.74 Å². The number of halogens is 1. The van der Waals surface area contributed by atoms with Gasteiger partial charge in [-0.1, -0.05) is 35.9 Å². The van der Waals surface area contributed by atoms with Gasteiger partial charge in [0.05, 0.1) is 12.4 Å². The molecule has 0 saturated carbocycles. The van der Waals surface area contributed by atoms with Crippen molar-refractivity contribution in [2.45, 2.75) is 31.2 Å². The van der Waals surface area contributed by atoms with Gasteiger partial charge in [0.2, 0.25) is 10.0 Å². The number of nitrogens with zero attached hydrogens (tertiary/aromatic N) is 2. The fourth-order valence-corrected chi connectivity index (χ4v) is 6.83. The lowest BCUT2D eigenvalue weighted by atomic mass is 10.0. The number of sulfonamides is 1. The molecule has 29 heavy (non-hydrogen) atoms. The maximum atomic E-state index is 13.2. The van der Waals surface area contributed by atoms with Gasteiger partial charge in [0, 0.05) is 24.7 Å². The Labute approximate surface area is 178 Å². The van der Waals surface area contributed by atoms with E-state index in [9.17, 15) is 8.42 Å². The number of rotatable bonds is 5. The van der Waals surface area contributed by atoms with Crippen molar-refractivity contribution in [3.63, 3.8) is 0 Å². The summed E-state index contributed by atoms with van der Waals surface area (Å²) in [4.78, 5) is 2.37. The second-order valence-electron chi connectivity index (χ2n) is 7.97. The number of methoxy groups -OCH3 is 1. The minimum Gasteiger partial charge on any atom is -0.497 e. The molecule has 0 amide bonds. The smallest absolute Gasteiger partial charge is 0.217 e. The summed E-state index contributed by atoms with van der Waals surface area (Å²) < 4.78 is 33.3. The standard InChI is InChI=1S/C22H27ClN2O3S/c1-28-21-4-2-3-18(13-21)14-24-11-9-19-16-25(29(26,27)22(19)10-12-24)15-17-5-7-20(23)8-6-17/h2-8,13,19,22H,9-12,14-16H2,1H3/t19-,22-/m1/s1. The van der Waals surface area contributed by atoms with Crippen LogP contribution in [0.1, 0.15) is 24.0 Å². The van der Waals surface area contributed by atoms with Crippen molar-refractivity contribution >= 4 is 21.6 Å². The molecule has 2 saturated heterocycles. The summed E-state index contributed by atoms with van der Waals surface area (Å²) in [5.41, 5.74) is 2.18. The number of hydrogen-bond acceptors (Lipinski definition) is 4. The normalized spacial score (nSPS) is 24.8. The van der Waals surface area contributed by atoms with Crippen LogP contribution in [0.4, 0.5) is 0 Å². The van der Waals surface area contributed by atoms with E-state index in [0.29, 0.717) is 24.5 Å². The predicted molar refractivity (Wildman–Crippen MR) is 116 cm³/mol. The molecule has 5 nitrogen and oxygen atoms in total. The van der Waals surface area contributed by atoms with E-state index < -0.39 is 10.0 Å². The lowest BCUT2D eigenvalue weighted by Crippen LogP contribution is -2.31. The molecule has 2 heterocycles. The molecule has 2 aliphatic rings. The SMILES string of the molecule is COc1cccc(CN2CC[C@@H]3CN(Cc4ccc(Cl)cc4)S(=O)(=O)[C@@H]3CC2)c1. The molecule has 0 aliphatic carbocycles. The minimum absolute atomic E-state index is 0.197. The largest absolute Gasteiger partial charge is 0.497 e. The van der Waals surface area contributed by atoms with Crippen molar-refractivity contribution < 1.29 is 13.2 Å². The first-order chi connectivity index (χ1) is 14.0. The van der Waals surface area contributed by atoms with Crippen molar-refractivity contribution in [2.75, 3.05) is 26.7 Å². The van der Waals surface area contributed by atoms with E-state index in [-0.39, 0.29) is 11.2 Å². The Morgan fingerprint density at radius 1 is 1.03 bits per heavy atom. The van der Waals surface area contributed by atoms with Crippen LogP contribution in [0.25, 0.3) is 0 Å². The zero-order valence-electron chi connectivity index (χ0n) is 16.6. The summed E-state index contributed by atoms with van der Waals surface area (Å²) in [5, 5.41) is 0.393. The second kappa shape index (κ2) is 8.64. The van der Waals surface area contributed by atoms with E-state index >= 15 is 0 Å². The van der Waals surface area contributed by atoms with Crippen LogP contribution in [0.3, 0.4) is 0 Å². The summed E-state index contributed by atoms with van der Waals surface area (Å²) in [5.74, 6) is 1.05. The van der Waals surface area contributed by atoms with E-state index in [1.165, 1.54) is 5.56 Å². The molecule has 4 rings (SSSR count). The summed E-state index contributed by atoms with van der Waals surface area (Å²) in [6, 6.07) is 15.5. The first kappa shape index (κ1) is 20.7. The first-order valence-electron chi connectivity index (χ1n) is 10.0. The third-order valence-corrected chi connectivity index (χ3v) is 8.70. The molecule has 7 heteroatoms. The Hall–Kier alpha value is -1.60. The van der Waals surface area contributed by atoms with Gasteiger partial charge < -0.3 is 4.74 Å². The van der Waals surface area contributed by atoms with Gasteiger partial charge in [-0.2, -0.15) is 4.31 Å². The Balaban J connectivity index is 1.41. The van der Waals surface area contributed by atoms with Crippen molar-refractivity contribution in [2.24, 2.45) is 5.92 Å². The van der Waals surface area contributed by atoms with Crippen molar-refractivity contribution in [1.82, 2.24) is 9.21 Å². The van der Waals surface area contributed by atoms with E-state index in [1.807, 2.05) is 36.4 Å². The molecule has 0 unspecified atom stereocenters. The Morgan fingerprint density at radius 2 is 1.79 bits per heavy atom. The van der Waals surface area contributed by atoms with Crippen LogP contribution in [0.15, 0.2) is 48.5 Å². The molecule has 2 fully saturated rings. The summed E-state index contributed by atoms with van der Waals surface area (Å²) in [6.07, 6.45) is 1.60. The van der Waals surface area contributed by atoms with Gasteiger partial charge >= 0.3 is 0 Å². The summed E-state index contributed by atoms with van der Waals surface area (Å²) in [7, 11) is -1.60. The number of hydrogen-bond donors (Lipinski definition) is 0. The molecule has 0 aromatic heterocycles. The fourth-order valence-electron chi connectivity index (χ4n) is 4.48. The minimum atomic E-state index is -3.27. The molecular weight excluding hydrogens is 408 g/mol. The van der Waals surface area contributed by atoms with Gasteiger partial charge in [-0.15, -0.1) is 0 Å². The quantitative estimate of drug-likeness (QED) is 0.718. The molecule has 2 aliphatic heterocycles. The lowest BCUT2D eigenvalue weighted by Gasteiger charge is -2.22. The molecule has 2 aromatic rings. The number of benzene rings is 2. The maximum Gasteiger partial charge on any atom is 0.217 e. The lowest BCUT2D eigenvalue weighted by molar-refractivity contribution is 0.266. The van der Waals surface area contributed by atoms with E-state index in [1.54, 1.807) is 11.4 Å². The molecule has 2 aromatic carbocycles. The van der Waals surface area contributed by atoms with Gasteiger partial charge in [0.25, 0.3) is 0 Å².